The lowest BCUT2D eigenvalue weighted by molar-refractivity contribution is -0.119. The van der Waals surface area contributed by atoms with Gasteiger partial charge >= 0.3 is 0 Å². The number of hydrogen-bond donors (Lipinski definition) is 3. The van der Waals surface area contributed by atoms with E-state index in [0.717, 1.165) is 12.1 Å². The minimum atomic E-state index is -0.146. The lowest BCUT2D eigenvalue weighted by Gasteiger charge is -2.17. The number of carbonyl (C=O) groups is 2. The van der Waals surface area contributed by atoms with E-state index < -0.39 is 0 Å². The average molecular weight is 341 g/mol. The summed E-state index contributed by atoms with van der Waals surface area (Å²) in [6.45, 7) is 3.87. The molecule has 25 heavy (non-hydrogen) atoms. The largest absolute Gasteiger partial charge is 0.352 e. The summed E-state index contributed by atoms with van der Waals surface area (Å²) < 4.78 is 1.75. The normalized spacial score (nSPS) is 19.6. The first-order valence-corrected chi connectivity index (χ1v) is 8.47. The summed E-state index contributed by atoms with van der Waals surface area (Å²) in [6, 6.07) is 6.94. The monoisotopic (exact) mass is 341 g/mol. The van der Waals surface area contributed by atoms with E-state index in [4.69, 9.17) is 0 Å². The van der Waals surface area contributed by atoms with Gasteiger partial charge in [0.15, 0.2) is 0 Å². The quantitative estimate of drug-likeness (QED) is 0.760. The van der Waals surface area contributed by atoms with Crippen LogP contribution in [0.2, 0.25) is 0 Å². The zero-order valence-electron chi connectivity index (χ0n) is 14.5. The van der Waals surface area contributed by atoms with Crippen molar-refractivity contribution in [2.24, 2.45) is 13.0 Å². The second kappa shape index (κ2) is 7.48. The summed E-state index contributed by atoms with van der Waals surface area (Å²) in [7, 11) is 1.87. The van der Waals surface area contributed by atoms with Crippen molar-refractivity contribution in [3.05, 3.63) is 47.8 Å². The van der Waals surface area contributed by atoms with Crippen LogP contribution in [0, 0.1) is 5.92 Å². The molecule has 7 heteroatoms. The highest BCUT2D eigenvalue weighted by Gasteiger charge is 2.34. The molecule has 3 N–H and O–H groups in total. The lowest BCUT2D eigenvalue weighted by atomic mass is 9.90. The molecule has 0 bridgehead atoms. The van der Waals surface area contributed by atoms with E-state index in [1.165, 1.54) is 0 Å². The Kier molecular flexibility index (Phi) is 5.14. The summed E-state index contributed by atoms with van der Waals surface area (Å²) in [5.74, 6) is -0.169. The second-order valence-electron chi connectivity index (χ2n) is 6.24. The van der Waals surface area contributed by atoms with Gasteiger partial charge in [0, 0.05) is 50.0 Å². The molecule has 7 nitrogen and oxygen atoms in total. The fourth-order valence-electron chi connectivity index (χ4n) is 3.14. The Morgan fingerprint density at radius 1 is 1.28 bits per heavy atom. The Balaban J connectivity index is 1.66. The van der Waals surface area contributed by atoms with Crippen LogP contribution >= 0.6 is 0 Å². The van der Waals surface area contributed by atoms with Gasteiger partial charge in [0.1, 0.15) is 0 Å². The average Bonchev–Trinajstić information content (AvgIpc) is 3.24. The van der Waals surface area contributed by atoms with E-state index in [-0.39, 0.29) is 23.7 Å². The number of nitrogens with zero attached hydrogens (tertiary/aromatic N) is 2. The molecule has 132 valence electrons. The SMILES string of the molecule is CCNC(=O)c1ccc(NC(=O)[C@H]2CNC[C@@H]2c2cnn(C)c2)cc1. The molecule has 0 spiro atoms. The molecule has 0 saturated carbocycles. The molecule has 1 saturated heterocycles. The molecular formula is C18H23N5O2. The summed E-state index contributed by atoms with van der Waals surface area (Å²) in [6.07, 6.45) is 3.78. The molecule has 1 aliphatic rings. The Labute approximate surface area is 146 Å². The van der Waals surface area contributed by atoms with Gasteiger partial charge < -0.3 is 16.0 Å². The predicted octanol–water partition coefficient (Wildman–Crippen LogP) is 1.11. The van der Waals surface area contributed by atoms with Crippen LogP contribution in [0.4, 0.5) is 5.69 Å². The zero-order valence-corrected chi connectivity index (χ0v) is 14.5. The number of amides is 2. The first-order chi connectivity index (χ1) is 12.1. The summed E-state index contributed by atoms with van der Waals surface area (Å²) in [5, 5.41) is 13.2. The number of carbonyl (C=O) groups excluding carboxylic acids is 2. The Hall–Kier alpha value is -2.67. The Bertz CT molecular complexity index is 753. The van der Waals surface area contributed by atoms with Crippen LogP contribution in [-0.4, -0.2) is 41.2 Å². The Morgan fingerprint density at radius 3 is 2.68 bits per heavy atom. The first kappa shape index (κ1) is 17.2. The van der Waals surface area contributed by atoms with Gasteiger partial charge in [-0.25, -0.2) is 0 Å². The maximum Gasteiger partial charge on any atom is 0.251 e. The van der Waals surface area contributed by atoms with Crippen molar-refractivity contribution >= 4 is 17.5 Å². The van der Waals surface area contributed by atoms with E-state index in [0.29, 0.717) is 24.3 Å². The van der Waals surface area contributed by atoms with Gasteiger partial charge in [-0.15, -0.1) is 0 Å². The standard InChI is InChI=1S/C18H23N5O2/c1-3-20-17(24)12-4-6-14(7-5-12)22-18(25)16-10-19-9-15(16)13-8-21-23(2)11-13/h4-8,11,15-16,19H,3,9-10H2,1-2H3,(H,20,24)(H,22,25)/t15-,16+/m1/s1. The van der Waals surface area contributed by atoms with E-state index >= 15 is 0 Å². The molecule has 1 aromatic carbocycles. The van der Waals surface area contributed by atoms with Crippen molar-refractivity contribution in [2.45, 2.75) is 12.8 Å². The van der Waals surface area contributed by atoms with E-state index in [2.05, 4.69) is 21.0 Å². The van der Waals surface area contributed by atoms with Crippen LogP contribution < -0.4 is 16.0 Å². The molecule has 3 rings (SSSR count). The maximum absolute atomic E-state index is 12.7. The second-order valence-corrected chi connectivity index (χ2v) is 6.24. The molecule has 0 unspecified atom stereocenters. The van der Waals surface area contributed by atoms with Crippen LogP contribution in [0.3, 0.4) is 0 Å². The molecule has 2 atom stereocenters. The molecule has 0 aliphatic carbocycles. The molecule has 2 heterocycles. The number of rotatable bonds is 5. The number of benzene rings is 1. The van der Waals surface area contributed by atoms with Crippen molar-refractivity contribution < 1.29 is 9.59 Å². The minimum absolute atomic E-state index is 0.0235. The Morgan fingerprint density at radius 2 is 2.04 bits per heavy atom. The van der Waals surface area contributed by atoms with Crippen molar-refractivity contribution in [1.82, 2.24) is 20.4 Å². The van der Waals surface area contributed by atoms with Crippen LogP contribution in [0.15, 0.2) is 36.7 Å². The summed E-state index contributed by atoms with van der Waals surface area (Å²) >= 11 is 0. The molecule has 1 aromatic heterocycles. The van der Waals surface area contributed by atoms with Crippen LogP contribution in [0.1, 0.15) is 28.8 Å². The molecule has 0 radical (unpaired) electrons. The topological polar surface area (TPSA) is 88.1 Å². The van der Waals surface area contributed by atoms with Crippen molar-refractivity contribution in [3.63, 3.8) is 0 Å². The third kappa shape index (κ3) is 3.88. The summed E-state index contributed by atoms with van der Waals surface area (Å²) in [4.78, 5) is 24.4. The van der Waals surface area contributed by atoms with Crippen molar-refractivity contribution in [1.29, 1.82) is 0 Å². The van der Waals surface area contributed by atoms with Crippen LogP contribution in [0.5, 0.6) is 0 Å². The lowest BCUT2D eigenvalue weighted by Crippen LogP contribution is -2.28. The highest BCUT2D eigenvalue weighted by atomic mass is 16.2. The van der Waals surface area contributed by atoms with Gasteiger partial charge in [0.2, 0.25) is 5.91 Å². The molecule has 2 aromatic rings. The van der Waals surface area contributed by atoms with Crippen molar-refractivity contribution in [2.75, 3.05) is 25.0 Å². The molecular weight excluding hydrogens is 318 g/mol. The van der Waals surface area contributed by atoms with Crippen LogP contribution in [-0.2, 0) is 11.8 Å². The maximum atomic E-state index is 12.7. The van der Waals surface area contributed by atoms with Gasteiger partial charge in [-0.2, -0.15) is 5.10 Å². The highest BCUT2D eigenvalue weighted by Crippen LogP contribution is 2.28. The number of aromatic nitrogens is 2. The molecule has 1 fully saturated rings. The van der Waals surface area contributed by atoms with Gasteiger partial charge in [-0.1, -0.05) is 0 Å². The van der Waals surface area contributed by atoms with Gasteiger partial charge in [0.05, 0.1) is 12.1 Å². The number of aryl methyl sites for hydroxylation is 1. The minimum Gasteiger partial charge on any atom is -0.352 e. The third-order valence-electron chi connectivity index (χ3n) is 4.46. The fraction of sp³-hybridized carbons (Fsp3) is 0.389. The zero-order chi connectivity index (χ0) is 17.8. The first-order valence-electron chi connectivity index (χ1n) is 8.47. The van der Waals surface area contributed by atoms with Gasteiger partial charge in [-0.05, 0) is 36.8 Å². The van der Waals surface area contributed by atoms with Crippen molar-refractivity contribution in [3.8, 4) is 0 Å². The number of anilines is 1. The fourth-order valence-corrected chi connectivity index (χ4v) is 3.14. The van der Waals surface area contributed by atoms with E-state index in [1.54, 1.807) is 28.9 Å². The van der Waals surface area contributed by atoms with E-state index in [1.807, 2.05) is 26.4 Å². The van der Waals surface area contributed by atoms with Gasteiger partial charge in [-0.3, -0.25) is 14.3 Å². The number of nitrogens with one attached hydrogen (secondary N) is 3. The molecule has 2 amide bonds. The smallest absolute Gasteiger partial charge is 0.251 e. The highest BCUT2D eigenvalue weighted by molar-refractivity contribution is 5.96. The number of hydrogen-bond acceptors (Lipinski definition) is 4. The summed E-state index contributed by atoms with van der Waals surface area (Å²) in [5.41, 5.74) is 2.34. The third-order valence-corrected chi connectivity index (χ3v) is 4.46. The molecule has 1 aliphatic heterocycles. The van der Waals surface area contributed by atoms with Crippen LogP contribution in [0.25, 0.3) is 0 Å². The van der Waals surface area contributed by atoms with E-state index in [9.17, 15) is 9.59 Å². The van der Waals surface area contributed by atoms with Gasteiger partial charge in [0.25, 0.3) is 5.91 Å². The predicted molar refractivity (Wildman–Crippen MR) is 95.4 cm³/mol.